The molecule has 0 aromatic heterocycles. The summed E-state index contributed by atoms with van der Waals surface area (Å²) < 4.78 is 5.30. The Kier molecular flexibility index (Phi) is 7.01. The van der Waals surface area contributed by atoms with Gasteiger partial charge in [-0.1, -0.05) is 12.1 Å². The van der Waals surface area contributed by atoms with Gasteiger partial charge < -0.3 is 21.1 Å². The molecule has 1 amide bonds. The number of hydrogen-bond donors (Lipinski definition) is 3. The Balaban J connectivity index is 2.23. The molecule has 18 heavy (non-hydrogen) atoms. The predicted molar refractivity (Wildman–Crippen MR) is 71.4 cm³/mol. The third-order valence-electron chi connectivity index (χ3n) is 2.48. The summed E-state index contributed by atoms with van der Waals surface area (Å²) in [7, 11) is 1.87. The Morgan fingerprint density at radius 3 is 2.50 bits per heavy atom. The second kappa shape index (κ2) is 8.63. The van der Waals surface area contributed by atoms with E-state index in [1.165, 1.54) is 0 Å². The van der Waals surface area contributed by atoms with Crippen molar-refractivity contribution in [3.63, 3.8) is 0 Å². The van der Waals surface area contributed by atoms with Crippen molar-refractivity contribution in [2.75, 3.05) is 33.4 Å². The molecule has 0 fully saturated rings. The number of likely N-dealkylation sites (N-methyl/N-ethyl adjacent to an activating group) is 1. The summed E-state index contributed by atoms with van der Waals surface area (Å²) in [5.74, 6) is -0.0872. The van der Waals surface area contributed by atoms with Crippen LogP contribution in [-0.2, 0) is 11.3 Å². The largest absolute Gasteiger partial charge is 0.378 e. The van der Waals surface area contributed by atoms with Gasteiger partial charge in [0.15, 0.2) is 0 Å². The van der Waals surface area contributed by atoms with Crippen molar-refractivity contribution in [3.05, 3.63) is 35.4 Å². The first-order valence-corrected chi connectivity index (χ1v) is 6.07. The van der Waals surface area contributed by atoms with E-state index >= 15 is 0 Å². The van der Waals surface area contributed by atoms with Crippen molar-refractivity contribution in [2.24, 2.45) is 5.73 Å². The quantitative estimate of drug-likeness (QED) is 0.573. The van der Waals surface area contributed by atoms with Gasteiger partial charge in [0, 0.05) is 25.2 Å². The lowest BCUT2D eigenvalue weighted by molar-refractivity contribution is 0.0917. The number of benzene rings is 1. The van der Waals surface area contributed by atoms with Crippen LogP contribution in [-0.4, -0.2) is 39.3 Å². The number of ether oxygens (including phenoxy) is 1. The highest BCUT2D eigenvalue weighted by Crippen LogP contribution is 2.03. The number of rotatable bonds is 8. The summed E-state index contributed by atoms with van der Waals surface area (Å²) in [6, 6.07) is 7.27. The van der Waals surface area contributed by atoms with Crippen LogP contribution in [0.1, 0.15) is 15.9 Å². The summed E-state index contributed by atoms with van der Waals surface area (Å²) in [6.07, 6.45) is 0. The van der Waals surface area contributed by atoms with Crippen LogP contribution in [0.15, 0.2) is 24.3 Å². The molecule has 1 aromatic carbocycles. The predicted octanol–water partition coefficient (Wildman–Crippen LogP) is 0.111. The van der Waals surface area contributed by atoms with Gasteiger partial charge in [-0.2, -0.15) is 0 Å². The molecule has 0 aliphatic rings. The maximum absolute atomic E-state index is 11.7. The first-order chi connectivity index (χ1) is 8.77. The molecule has 0 saturated carbocycles. The van der Waals surface area contributed by atoms with E-state index in [-0.39, 0.29) is 5.91 Å². The van der Waals surface area contributed by atoms with Crippen LogP contribution >= 0.6 is 0 Å². The maximum Gasteiger partial charge on any atom is 0.251 e. The summed E-state index contributed by atoms with van der Waals surface area (Å²) >= 11 is 0. The van der Waals surface area contributed by atoms with Crippen LogP contribution in [0.2, 0.25) is 0 Å². The second-order valence-corrected chi connectivity index (χ2v) is 3.87. The third-order valence-corrected chi connectivity index (χ3v) is 2.48. The highest BCUT2D eigenvalue weighted by atomic mass is 16.5. The summed E-state index contributed by atoms with van der Waals surface area (Å²) in [5.41, 5.74) is 7.15. The minimum atomic E-state index is -0.0872. The summed E-state index contributed by atoms with van der Waals surface area (Å²) in [5, 5.41) is 5.78. The average Bonchev–Trinajstić information content (AvgIpc) is 2.42. The van der Waals surface area contributed by atoms with Crippen molar-refractivity contribution < 1.29 is 9.53 Å². The molecule has 0 unspecified atom stereocenters. The van der Waals surface area contributed by atoms with Gasteiger partial charge >= 0.3 is 0 Å². The molecule has 1 aromatic rings. The average molecular weight is 251 g/mol. The van der Waals surface area contributed by atoms with Crippen LogP contribution in [0.3, 0.4) is 0 Å². The van der Waals surface area contributed by atoms with Crippen LogP contribution in [0.25, 0.3) is 0 Å². The first kappa shape index (κ1) is 14.6. The number of nitrogens with one attached hydrogen (secondary N) is 2. The zero-order chi connectivity index (χ0) is 13.2. The molecule has 0 heterocycles. The van der Waals surface area contributed by atoms with Crippen LogP contribution < -0.4 is 16.4 Å². The van der Waals surface area contributed by atoms with Crippen molar-refractivity contribution >= 4 is 5.91 Å². The number of nitrogens with two attached hydrogens (primary N) is 1. The molecule has 5 nitrogen and oxygen atoms in total. The molecule has 5 heteroatoms. The van der Waals surface area contributed by atoms with Gasteiger partial charge in [-0.15, -0.1) is 0 Å². The lowest BCUT2D eigenvalue weighted by atomic mass is 10.1. The standard InChI is InChI=1S/C13H21N3O2/c1-15-6-8-18-9-7-16-13(17)12-4-2-11(10-14)3-5-12/h2-5,15H,6-10,14H2,1H3,(H,16,17). The van der Waals surface area contributed by atoms with Crippen LogP contribution in [0.4, 0.5) is 0 Å². The Morgan fingerprint density at radius 1 is 1.22 bits per heavy atom. The highest BCUT2D eigenvalue weighted by Gasteiger charge is 2.03. The lowest BCUT2D eigenvalue weighted by Crippen LogP contribution is -2.28. The SMILES string of the molecule is CNCCOCCNC(=O)c1ccc(CN)cc1. The number of hydrogen-bond acceptors (Lipinski definition) is 4. The van der Waals surface area contributed by atoms with Gasteiger partial charge in [0.25, 0.3) is 5.91 Å². The zero-order valence-electron chi connectivity index (χ0n) is 10.7. The van der Waals surface area contributed by atoms with E-state index in [2.05, 4.69) is 10.6 Å². The zero-order valence-corrected chi connectivity index (χ0v) is 10.7. The molecular weight excluding hydrogens is 230 g/mol. The van der Waals surface area contributed by atoms with Crippen molar-refractivity contribution in [3.8, 4) is 0 Å². The molecule has 100 valence electrons. The van der Waals surface area contributed by atoms with E-state index in [1.807, 2.05) is 19.2 Å². The Hall–Kier alpha value is -1.43. The smallest absolute Gasteiger partial charge is 0.251 e. The van der Waals surface area contributed by atoms with E-state index in [1.54, 1.807) is 12.1 Å². The van der Waals surface area contributed by atoms with Gasteiger partial charge in [-0.25, -0.2) is 0 Å². The van der Waals surface area contributed by atoms with Crippen molar-refractivity contribution in [2.45, 2.75) is 6.54 Å². The molecule has 4 N–H and O–H groups in total. The van der Waals surface area contributed by atoms with Crippen LogP contribution in [0.5, 0.6) is 0 Å². The fourth-order valence-electron chi connectivity index (χ4n) is 1.41. The van der Waals surface area contributed by atoms with E-state index in [0.29, 0.717) is 31.9 Å². The third kappa shape index (κ3) is 5.27. The molecule has 0 saturated heterocycles. The second-order valence-electron chi connectivity index (χ2n) is 3.87. The molecule has 0 aliphatic heterocycles. The van der Waals surface area contributed by atoms with Crippen molar-refractivity contribution in [1.82, 2.24) is 10.6 Å². The Morgan fingerprint density at radius 2 is 1.89 bits per heavy atom. The minimum absolute atomic E-state index is 0.0872. The van der Waals surface area contributed by atoms with Gasteiger partial charge in [-0.3, -0.25) is 4.79 Å². The minimum Gasteiger partial charge on any atom is -0.378 e. The Bertz CT molecular complexity index is 352. The monoisotopic (exact) mass is 251 g/mol. The fraction of sp³-hybridized carbons (Fsp3) is 0.462. The highest BCUT2D eigenvalue weighted by molar-refractivity contribution is 5.94. The first-order valence-electron chi connectivity index (χ1n) is 6.07. The molecule has 0 atom stereocenters. The summed E-state index contributed by atoms with van der Waals surface area (Å²) in [4.78, 5) is 11.7. The maximum atomic E-state index is 11.7. The molecule has 0 radical (unpaired) electrons. The molecular formula is C13H21N3O2. The topological polar surface area (TPSA) is 76.4 Å². The summed E-state index contributed by atoms with van der Waals surface area (Å²) in [6.45, 7) is 2.99. The van der Waals surface area contributed by atoms with Gasteiger partial charge in [0.1, 0.15) is 0 Å². The van der Waals surface area contributed by atoms with Gasteiger partial charge in [-0.05, 0) is 24.7 Å². The van der Waals surface area contributed by atoms with E-state index in [0.717, 1.165) is 12.1 Å². The Labute approximate surface area is 108 Å². The van der Waals surface area contributed by atoms with E-state index < -0.39 is 0 Å². The number of amides is 1. The van der Waals surface area contributed by atoms with Gasteiger partial charge in [0.05, 0.1) is 13.2 Å². The molecule has 0 aliphatic carbocycles. The van der Waals surface area contributed by atoms with Crippen LogP contribution in [0, 0.1) is 0 Å². The van der Waals surface area contributed by atoms with E-state index in [4.69, 9.17) is 10.5 Å². The number of carbonyl (C=O) groups is 1. The molecule has 0 spiro atoms. The van der Waals surface area contributed by atoms with E-state index in [9.17, 15) is 4.79 Å². The van der Waals surface area contributed by atoms with Gasteiger partial charge in [0.2, 0.25) is 0 Å². The molecule has 1 rings (SSSR count). The van der Waals surface area contributed by atoms with Crippen molar-refractivity contribution in [1.29, 1.82) is 0 Å². The lowest BCUT2D eigenvalue weighted by Gasteiger charge is -2.06. The number of carbonyl (C=O) groups excluding carboxylic acids is 1. The molecule has 0 bridgehead atoms. The fourth-order valence-corrected chi connectivity index (χ4v) is 1.41. The normalized spacial score (nSPS) is 10.3.